The van der Waals surface area contributed by atoms with Crippen LogP contribution < -0.4 is 15.0 Å². The van der Waals surface area contributed by atoms with Gasteiger partial charge in [0.2, 0.25) is 0 Å². The van der Waals surface area contributed by atoms with Gasteiger partial charge in [0.15, 0.2) is 12.4 Å². The van der Waals surface area contributed by atoms with Crippen LogP contribution in [0, 0.1) is 0 Å². The van der Waals surface area contributed by atoms with Crippen molar-refractivity contribution in [3.8, 4) is 17.3 Å². The van der Waals surface area contributed by atoms with Crippen LogP contribution in [0.2, 0.25) is 0 Å². The summed E-state index contributed by atoms with van der Waals surface area (Å²) in [6.45, 7) is 1.45. The Balaban J connectivity index is 1.28. The number of fused-ring (bicyclic) bond motifs is 2. The van der Waals surface area contributed by atoms with Crippen LogP contribution in [0.25, 0.3) is 11.5 Å². The minimum Gasteiger partial charge on any atom is -0.482 e. The summed E-state index contributed by atoms with van der Waals surface area (Å²) in [6.07, 6.45) is 5.64. The number of para-hydroxylation sites is 2. The zero-order valence-corrected chi connectivity index (χ0v) is 16.7. The summed E-state index contributed by atoms with van der Waals surface area (Å²) in [5.74, 6) is 2.32. The third-order valence-corrected chi connectivity index (χ3v) is 5.49. The van der Waals surface area contributed by atoms with Crippen molar-refractivity contribution >= 4 is 17.4 Å². The molecule has 0 spiro atoms. The standard InChI is InChI=1S/C23H23N5O2/c29-21-15-30-20-11-2-1-10-19(20)28(21)14-6-13-25-22-16-7-5-9-17(16)26-23(27-22)18-8-3-4-12-24-18/h1-4,8,10-12H,5-7,9,13-15H2,(H,25,26,27). The largest absolute Gasteiger partial charge is 0.482 e. The molecule has 7 heteroatoms. The van der Waals surface area contributed by atoms with Crippen molar-refractivity contribution in [1.29, 1.82) is 0 Å². The van der Waals surface area contributed by atoms with E-state index in [2.05, 4.69) is 10.3 Å². The maximum atomic E-state index is 12.3. The molecule has 0 saturated carbocycles. The van der Waals surface area contributed by atoms with Gasteiger partial charge in [-0.3, -0.25) is 9.78 Å². The van der Waals surface area contributed by atoms with Crippen molar-refractivity contribution in [3.05, 3.63) is 59.9 Å². The number of aromatic nitrogens is 3. The topological polar surface area (TPSA) is 80.2 Å². The Morgan fingerprint density at radius 1 is 1.07 bits per heavy atom. The predicted octanol–water partition coefficient (Wildman–Crippen LogP) is 3.25. The lowest BCUT2D eigenvalue weighted by molar-refractivity contribution is -0.121. The van der Waals surface area contributed by atoms with Crippen LogP contribution in [0.5, 0.6) is 5.75 Å². The molecule has 0 unspecified atom stereocenters. The Kier molecular flexibility index (Phi) is 5.01. The van der Waals surface area contributed by atoms with Crippen molar-refractivity contribution in [2.24, 2.45) is 0 Å². The molecule has 0 bridgehead atoms. The van der Waals surface area contributed by atoms with Gasteiger partial charge in [0, 0.05) is 30.5 Å². The van der Waals surface area contributed by atoms with Gasteiger partial charge < -0.3 is 15.0 Å². The molecule has 1 aliphatic carbocycles. The van der Waals surface area contributed by atoms with Gasteiger partial charge in [-0.05, 0) is 49.9 Å². The Bertz CT molecular complexity index is 1070. The van der Waals surface area contributed by atoms with E-state index >= 15 is 0 Å². The zero-order chi connectivity index (χ0) is 20.3. The highest BCUT2D eigenvalue weighted by Gasteiger charge is 2.25. The van der Waals surface area contributed by atoms with Crippen molar-refractivity contribution in [3.63, 3.8) is 0 Å². The molecule has 2 aromatic heterocycles. The number of nitrogens with one attached hydrogen (secondary N) is 1. The number of amides is 1. The molecule has 1 amide bonds. The zero-order valence-electron chi connectivity index (χ0n) is 16.7. The Morgan fingerprint density at radius 2 is 1.97 bits per heavy atom. The second-order valence-electron chi connectivity index (χ2n) is 7.47. The molecule has 3 heterocycles. The second-order valence-corrected chi connectivity index (χ2v) is 7.47. The maximum Gasteiger partial charge on any atom is 0.265 e. The first-order valence-corrected chi connectivity index (χ1v) is 10.4. The van der Waals surface area contributed by atoms with Crippen LogP contribution in [0.1, 0.15) is 24.1 Å². The number of pyridine rings is 1. The first-order chi connectivity index (χ1) is 14.8. The van der Waals surface area contributed by atoms with E-state index in [1.54, 1.807) is 6.20 Å². The summed E-state index contributed by atoms with van der Waals surface area (Å²) in [7, 11) is 0. The first kappa shape index (κ1) is 18.5. The number of anilines is 2. The fourth-order valence-electron chi connectivity index (χ4n) is 4.03. The smallest absolute Gasteiger partial charge is 0.265 e. The third-order valence-electron chi connectivity index (χ3n) is 5.49. The van der Waals surface area contributed by atoms with E-state index in [4.69, 9.17) is 14.7 Å². The second kappa shape index (κ2) is 8.10. The molecule has 3 aromatic rings. The molecule has 0 atom stereocenters. The van der Waals surface area contributed by atoms with Gasteiger partial charge in [-0.25, -0.2) is 9.97 Å². The lowest BCUT2D eigenvalue weighted by atomic mass is 10.2. The summed E-state index contributed by atoms with van der Waals surface area (Å²) in [4.78, 5) is 28.0. The number of ether oxygens (including phenoxy) is 1. The van der Waals surface area contributed by atoms with Crippen molar-refractivity contribution < 1.29 is 9.53 Å². The number of aryl methyl sites for hydroxylation is 1. The molecule has 30 heavy (non-hydrogen) atoms. The Morgan fingerprint density at radius 3 is 2.87 bits per heavy atom. The van der Waals surface area contributed by atoms with Crippen molar-refractivity contribution in [2.45, 2.75) is 25.7 Å². The molecule has 0 saturated heterocycles. The molecular formula is C23H23N5O2. The summed E-state index contributed by atoms with van der Waals surface area (Å²) in [5, 5.41) is 3.49. The van der Waals surface area contributed by atoms with Crippen LogP contribution in [0.4, 0.5) is 11.5 Å². The van der Waals surface area contributed by atoms with Crippen molar-refractivity contribution in [2.75, 3.05) is 29.9 Å². The molecule has 1 aromatic carbocycles. The lowest BCUT2D eigenvalue weighted by Gasteiger charge is -2.29. The number of carbonyl (C=O) groups excluding carboxylic acids is 1. The van der Waals surface area contributed by atoms with E-state index in [-0.39, 0.29) is 12.5 Å². The number of hydrogen-bond acceptors (Lipinski definition) is 6. The van der Waals surface area contributed by atoms with E-state index in [1.165, 1.54) is 5.56 Å². The fourth-order valence-corrected chi connectivity index (χ4v) is 4.03. The Hall–Kier alpha value is -3.48. The minimum atomic E-state index is -0.00549. The normalized spacial score (nSPS) is 14.8. The number of rotatable bonds is 6. The fraction of sp³-hybridized carbons (Fsp3) is 0.304. The molecule has 0 radical (unpaired) electrons. The SMILES string of the molecule is O=C1COc2ccccc2N1CCCNc1nc(-c2ccccn2)nc2c1CCC2. The number of carbonyl (C=O) groups is 1. The lowest BCUT2D eigenvalue weighted by Crippen LogP contribution is -2.39. The first-order valence-electron chi connectivity index (χ1n) is 10.4. The summed E-state index contributed by atoms with van der Waals surface area (Å²) < 4.78 is 5.52. The highest BCUT2D eigenvalue weighted by molar-refractivity contribution is 5.97. The highest BCUT2D eigenvalue weighted by Crippen LogP contribution is 2.32. The highest BCUT2D eigenvalue weighted by atomic mass is 16.5. The predicted molar refractivity (Wildman–Crippen MR) is 115 cm³/mol. The van der Waals surface area contributed by atoms with E-state index in [1.807, 2.05) is 47.4 Å². The van der Waals surface area contributed by atoms with Gasteiger partial charge in [-0.15, -0.1) is 0 Å². The molecule has 152 valence electrons. The van der Waals surface area contributed by atoms with Gasteiger partial charge in [0.05, 0.1) is 5.69 Å². The van der Waals surface area contributed by atoms with Crippen LogP contribution in [-0.2, 0) is 17.6 Å². The molecule has 2 aliphatic rings. The van der Waals surface area contributed by atoms with Gasteiger partial charge in [-0.2, -0.15) is 0 Å². The number of nitrogens with zero attached hydrogens (tertiary/aromatic N) is 4. The summed E-state index contributed by atoms with van der Waals surface area (Å²) in [6, 6.07) is 13.4. The van der Waals surface area contributed by atoms with Crippen LogP contribution in [0.15, 0.2) is 48.7 Å². The third kappa shape index (κ3) is 3.58. The number of hydrogen-bond donors (Lipinski definition) is 1. The van der Waals surface area contributed by atoms with Crippen LogP contribution in [-0.4, -0.2) is 40.6 Å². The Labute approximate surface area is 175 Å². The van der Waals surface area contributed by atoms with E-state index < -0.39 is 0 Å². The average Bonchev–Trinajstić information content (AvgIpc) is 3.27. The van der Waals surface area contributed by atoms with Crippen LogP contribution in [0.3, 0.4) is 0 Å². The van der Waals surface area contributed by atoms with E-state index in [9.17, 15) is 4.79 Å². The van der Waals surface area contributed by atoms with Gasteiger partial charge >= 0.3 is 0 Å². The monoisotopic (exact) mass is 401 g/mol. The van der Waals surface area contributed by atoms with Gasteiger partial charge in [0.1, 0.15) is 17.3 Å². The molecule has 1 N–H and O–H groups in total. The molecule has 7 nitrogen and oxygen atoms in total. The van der Waals surface area contributed by atoms with E-state index in [0.717, 1.165) is 60.9 Å². The van der Waals surface area contributed by atoms with E-state index in [0.29, 0.717) is 12.4 Å². The maximum absolute atomic E-state index is 12.3. The van der Waals surface area contributed by atoms with Crippen molar-refractivity contribution in [1.82, 2.24) is 15.0 Å². The minimum absolute atomic E-state index is 0.00549. The molecule has 0 fully saturated rings. The molecule has 5 rings (SSSR count). The summed E-state index contributed by atoms with van der Waals surface area (Å²) >= 11 is 0. The van der Waals surface area contributed by atoms with Gasteiger partial charge in [-0.1, -0.05) is 18.2 Å². The number of benzene rings is 1. The molecular weight excluding hydrogens is 378 g/mol. The summed E-state index contributed by atoms with van der Waals surface area (Å²) in [5.41, 5.74) is 3.95. The van der Waals surface area contributed by atoms with Crippen LogP contribution >= 0.6 is 0 Å². The van der Waals surface area contributed by atoms with Gasteiger partial charge in [0.25, 0.3) is 5.91 Å². The average molecular weight is 401 g/mol. The molecule has 1 aliphatic heterocycles. The quantitative estimate of drug-likeness (QED) is 0.639.